The van der Waals surface area contributed by atoms with Crippen LogP contribution in [0.1, 0.15) is 56.2 Å². The summed E-state index contributed by atoms with van der Waals surface area (Å²) in [5.74, 6) is 1.31. The molecule has 2 heterocycles. The maximum Gasteiger partial charge on any atom is 0.210 e. The molecule has 1 fully saturated rings. The molecule has 7 nitrogen and oxygen atoms in total. The van der Waals surface area contributed by atoms with Gasteiger partial charge in [0.05, 0.1) is 34.6 Å². The van der Waals surface area contributed by atoms with Crippen molar-refractivity contribution in [2.45, 2.75) is 70.2 Å². The zero-order valence-electron chi connectivity index (χ0n) is 21.4. The predicted octanol–water partition coefficient (Wildman–Crippen LogP) is 4.86. The zero-order chi connectivity index (χ0) is 25.3. The van der Waals surface area contributed by atoms with Crippen LogP contribution in [-0.2, 0) is 29.0 Å². The lowest BCUT2D eigenvalue weighted by Gasteiger charge is -2.42. The van der Waals surface area contributed by atoms with Crippen LogP contribution in [0.5, 0.6) is 5.75 Å². The van der Waals surface area contributed by atoms with E-state index in [1.807, 2.05) is 23.4 Å². The van der Waals surface area contributed by atoms with Crippen molar-refractivity contribution in [1.29, 1.82) is 5.26 Å². The Labute approximate surface area is 212 Å². The predicted molar refractivity (Wildman–Crippen MR) is 137 cm³/mol. The topological polar surface area (TPSA) is 80.4 Å². The molecular formula is C29H34N4O3. The number of ether oxygens (including phenoxy) is 2. The average Bonchev–Trinajstić information content (AvgIpc) is 3.42. The fourth-order valence-electron chi connectivity index (χ4n) is 6.07. The van der Waals surface area contributed by atoms with Crippen LogP contribution < -0.4 is 4.74 Å². The summed E-state index contributed by atoms with van der Waals surface area (Å²) in [7, 11) is 1.77. The van der Waals surface area contributed by atoms with E-state index in [-0.39, 0.29) is 5.60 Å². The molecule has 1 aliphatic heterocycles. The van der Waals surface area contributed by atoms with Gasteiger partial charge in [0.1, 0.15) is 11.4 Å². The van der Waals surface area contributed by atoms with Crippen molar-refractivity contribution < 1.29 is 14.3 Å². The number of nitriles is 1. The van der Waals surface area contributed by atoms with E-state index in [9.17, 15) is 10.1 Å². The average molecular weight is 487 g/mol. The molecule has 0 bridgehead atoms. The van der Waals surface area contributed by atoms with Crippen molar-refractivity contribution in [1.82, 2.24) is 14.5 Å². The minimum Gasteiger partial charge on any atom is -0.487 e. The number of aromatic nitrogens is 2. The van der Waals surface area contributed by atoms with Crippen molar-refractivity contribution in [3.63, 3.8) is 0 Å². The largest absolute Gasteiger partial charge is 0.487 e. The Hall–Kier alpha value is -3.37. The minimum absolute atomic E-state index is 0.222. The van der Waals surface area contributed by atoms with Gasteiger partial charge in [-0.05, 0) is 62.8 Å². The summed E-state index contributed by atoms with van der Waals surface area (Å²) in [6.45, 7) is 6.05. The van der Waals surface area contributed by atoms with Gasteiger partial charge in [0, 0.05) is 38.7 Å². The third-order valence-corrected chi connectivity index (χ3v) is 7.73. The Kier molecular flexibility index (Phi) is 6.48. The van der Waals surface area contributed by atoms with Crippen LogP contribution in [0.4, 0.5) is 0 Å². The first-order valence-corrected chi connectivity index (χ1v) is 12.7. The lowest BCUT2D eigenvalue weighted by molar-refractivity contribution is -0.127. The van der Waals surface area contributed by atoms with Crippen molar-refractivity contribution in [3.8, 4) is 11.8 Å². The van der Waals surface area contributed by atoms with Gasteiger partial charge in [0.15, 0.2) is 0 Å². The highest BCUT2D eigenvalue weighted by molar-refractivity contribution is 5.76. The van der Waals surface area contributed by atoms with Crippen molar-refractivity contribution >= 4 is 17.4 Å². The molecule has 0 N–H and O–H groups in total. The Morgan fingerprint density at radius 1 is 1.33 bits per heavy atom. The Bertz CT molecular complexity index is 1310. The van der Waals surface area contributed by atoms with E-state index in [0.29, 0.717) is 24.6 Å². The van der Waals surface area contributed by atoms with Crippen LogP contribution in [-0.4, -0.2) is 45.7 Å². The number of rotatable bonds is 8. The van der Waals surface area contributed by atoms with Crippen molar-refractivity contribution in [3.05, 3.63) is 59.4 Å². The van der Waals surface area contributed by atoms with Crippen LogP contribution >= 0.6 is 0 Å². The molecule has 188 valence electrons. The Morgan fingerprint density at radius 3 is 2.97 bits per heavy atom. The molecule has 1 saturated carbocycles. The SMILES string of the molecule is CO[C@@]1(CN(C=O)Cc2cccc3c2OC(C)(C)C3)CCCC(Cn2cnc3ccc(C#N)cc32)C1. The number of para-hydroxylation sites is 1. The fraction of sp³-hybridized carbons (Fsp3) is 0.483. The van der Waals surface area contributed by atoms with Gasteiger partial charge < -0.3 is 18.9 Å². The van der Waals surface area contributed by atoms with E-state index in [1.165, 1.54) is 5.56 Å². The van der Waals surface area contributed by atoms with E-state index in [4.69, 9.17) is 9.47 Å². The molecule has 1 aromatic heterocycles. The van der Waals surface area contributed by atoms with Gasteiger partial charge in [-0.25, -0.2) is 4.98 Å². The second-order valence-corrected chi connectivity index (χ2v) is 11.0. The van der Waals surface area contributed by atoms with Gasteiger partial charge >= 0.3 is 0 Å². The normalized spacial score (nSPS) is 22.6. The summed E-state index contributed by atoms with van der Waals surface area (Å²) >= 11 is 0. The number of amides is 1. The standard InChI is InChI=1S/C29H34N4O3/c1-28(2)14-23-7-4-8-24(27(23)36-28)17-32(20-34)18-29(35-3)11-5-6-22(13-29)16-33-19-31-25-10-9-21(15-30)12-26(25)33/h4,7-10,12,19-20,22H,5-6,11,13-14,16-18H2,1-3H3/t22?,29-/m0/s1. The van der Waals surface area contributed by atoms with Gasteiger partial charge in [0.25, 0.3) is 0 Å². The molecule has 0 saturated heterocycles. The molecule has 2 atom stereocenters. The molecule has 0 spiro atoms. The van der Waals surface area contributed by atoms with E-state index in [1.54, 1.807) is 13.2 Å². The number of hydrogen-bond donors (Lipinski definition) is 0. The molecular weight excluding hydrogens is 452 g/mol. The van der Waals surface area contributed by atoms with Gasteiger partial charge in [-0.1, -0.05) is 24.6 Å². The number of nitrogens with zero attached hydrogens (tertiary/aromatic N) is 4. The fourth-order valence-corrected chi connectivity index (χ4v) is 6.07. The highest BCUT2D eigenvalue weighted by Gasteiger charge is 2.39. The van der Waals surface area contributed by atoms with Crippen molar-refractivity contribution in [2.75, 3.05) is 13.7 Å². The number of carbonyl (C=O) groups excluding carboxylic acids is 1. The molecule has 7 heteroatoms. The van der Waals surface area contributed by atoms with E-state index in [2.05, 4.69) is 47.7 Å². The molecule has 2 aliphatic rings. The molecule has 2 aromatic carbocycles. The maximum absolute atomic E-state index is 12.2. The molecule has 1 aliphatic carbocycles. The molecule has 5 rings (SSSR count). The van der Waals surface area contributed by atoms with Crippen LogP contribution in [0.2, 0.25) is 0 Å². The van der Waals surface area contributed by atoms with Crippen LogP contribution in [0.25, 0.3) is 11.0 Å². The summed E-state index contributed by atoms with van der Waals surface area (Å²) in [5, 5.41) is 9.30. The van der Waals surface area contributed by atoms with Crippen LogP contribution in [0.15, 0.2) is 42.7 Å². The van der Waals surface area contributed by atoms with E-state index >= 15 is 0 Å². The number of methoxy groups -OCH3 is 1. The Balaban J connectivity index is 1.31. The number of imidazole rings is 1. The third kappa shape index (κ3) is 4.83. The first-order chi connectivity index (χ1) is 17.3. The number of fused-ring (bicyclic) bond motifs is 2. The van der Waals surface area contributed by atoms with E-state index in [0.717, 1.165) is 67.4 Å². The number of benzene rings is 2. The van der Waals surface area contributed by atoms with Gasteiger partial charge in [-0.2, -0.15) is 5.26 Å². The lowest BCUT2D eigenvalue weighted by atomic mass is 9.77. The number of carbonyl (C=O) groups is 1. The third-order valence-electron chi connectivity index (χ3n) is 7.73. The summed E-state index contributed by atoms with van der Waals surface area (Å²) in [5.41, 5.74) is 4.15. The van der Waals surface area contributed by atoms with Crippen LogP contribution in [0, 0.1) is 17.2 Å². The smallest absolute Gasteiger partial charge is 0.210 e. The lowest BCUT2D eigenvalue weighted by Crippen LogP contribution is -2.47. The quantitative estimate of drug-likeness (QED) is 0.425. The van der Waals surface area contributed by atoms with Crippen molar-refractivity contribution in [2.24, 2.45) is 5.92 Å². The van der Waals surface area contributed by atoms with Gasteiger partial charge in [0.2, 0.25) is 6.41 Å². The highest BCUT2D eigenvalue weighted by Crippen LogP contribution is 2.40. The summed E-state index contributed by atoms with van der Waals surface area (Å²) in [6, 6.07) is 14.1. The van der Waals surface area contributed by atoms with Gasteiger partial charge in [-0.3, -0.25) is 4.79 Å². The minimum atomic E-state index is -0.393. The summed E-state index contributed by atoms with van der Waals surface area (Å²) < 4.78 is 14.5. The second-order valence-electron chi connectivity index (χ2n) is 11.0. The molecule has 1 unspecified atom stereocenters. The van der Waals surface area contributed by atoms with Gasteiger partial charge in [-0.15, -0.1) is 0 Å². The summed E-state index contributed by atoms with van der Waals surface area (Å²) in [6.07, 6.45) is 7.60. The monoisotopic (exact) mass is 486 g/mol. The highest BCUT2D eigenvalue weighted by atomic mass is 16.5. The second kappa shape index (κ2) is 9.59. The van der Waals surface area contributed by atoms with E-state index < -0.39 is 5.60 Å². The molecule has 3 aromatic rings. The summed E-state index contributed by atoms with van der Waals surface area (Å²) in [4.78, 5) is 18.6. The van der Waals surface area contributed by atoms with Crippen LogP contribution in [0.3, 0.4) is 0 Å². The maximum atomic E-state index is 12.2. The first-order valence-electron chi connectivity index (χ1n) is 12.7. The molecule has 1 amide bonds. The molecule has 0 radical (unpaired) electrons. The molecule has 36 heavy (non-hydrogen) atoms. The Morgan fingerprint density at radius 2 is 2.19 bits per heavy atom. The zero-order valence-corrected chi connectivity index (χ0v) is 21.4. The first kappa shape index (κ1) is 24.3. The number of hydrogen-bond acceptors (Lipinski definition) is 5.